The van der Waals surface area contributed by atoms with Crippen molar-refractivity contribution >= 4 is 55.8 Å². The molecule has 1 amide bonds. The van der Waals surface area contributed by atoms with Gasteiger partial charge in [-0.25, -0.2) is 8.42 Å². The number of carbonyl (C=O) groups excluding carboxylic acids is 1. The molecule has 1 saturated heterocycles. The highest BCUT2D eigenvalue weighted by Crippen LogP contribution is 2.29. The van der Waals surface area contributed by atoms with Crippen molar-refractivity contribution in [1.29, 1.82) is 0 Å². The molecule has 146 valence electrons. The third-order valence-corrected chi connectivity index (χ3v) is 8.35. The number of hydrogen-bond donors (Lipinski definition) is 1. The maximum atomic E-state index is 12.9. The van der Waals surface area contributed by atoms with Crippen LogP contribution < -0.4 is 5.32 Å². The Balaban J connectivity index is 1.72. The zero-order valence-electron chi connectivity index (χ0n) is 14.6. The number of rotatable bonds is 7. The molecule has 0 spiro atoms. The number of nitrogens with zero attached hydrogens (tertiary/aromatic N) is 3. The molecule has 1 N–H and O–H groups in total. The lowest BCUT2D eigenvalue weighted by molar-refractivity contribution is -0.119. The molecule has 2 aromatic rings. The van der Waals surface area contributed by atoms with Gasteiger partial charge in [0.05, 0.1) is 4.90 Å². The molecule has 2 heterocycles. The number of benzene rings is 1. The Morgan fingerprint density at radius 3 is 2.81 bits per heavy atom. The first kappa shape index (κ1) is 20.5. The van der Waals surface area contributed by atoms with Gasteiger partial charge in [-0.05, 0) is 43.5 Å². The molecule has 1 atom stereocenters. The molecule has 0 saturated carbocycles. The monoisotopic (exact) mass is 446 g/mol. The number of hydrogen-bond acceptors (Lipinski definition) is 7. The van der Waals surface area contributed by atoms with Crippen molar-refractivity contribution in [2.75, 3.05) is 17.6 Å². The van der Waals surface area contributed by atoms with Gasteiger partial charge in [0, 0.05) is 17.3 Å². The third-order valence-electron chi connectivity index (χ3n) is 3.99. The van der Waals surface area contributed by atoms with Crippen LogP contribution in [-0.4, -0.2) is 47.2 Å². The summed E-state index contributed by atoms with van der Waals surface area (Å²) in [5, 5.41) is 11.5. The fourth-order valence-corrected chi connectivity index (χ4v) is 6.19. The van der Waals surface area contributed by atoms with Crippen molar-refractivity contribution < 1.29 is 13.2 Å². The van der Waals surface area contributed by atoms with Gasteiger partial charge < -0.3 is 0 Å². The Bertz CT molecular complexity index is 902. The van der Waals surface area contributed by atoms with Crippen LogP contribution in [0.5, 0.6) is 0 Å². The number of carbonyl (C=O) groups is 1. The third kappa shape index (κ3) is 4.80. The first-order chi connectivity index (χ1) is 12.9. The zero-order valence-corrected chi connectivity index (χ0v) is 17.8. The molecule has 1 fully saturated rings. The highest BCUT2D eigenvalue weighted by Gasteiger charge is 2.39. The molecule has 0 radical (unpaired) electrons. The van der Waals surface area contributed by atoms with E-state index in [1.165, 1.54) is 39.9 Å². The molecule has 27 heavy (non-hydrogen) atoms. The van der Waals surface area contributed by atoms with Crippen LogP contribution in [0, 0.1) is 0 Å². The molecule has 1 aliphatic rings. The predicted molar refractivity (Wildman–Crippen MR) is 108 cm³/mol. The fourth-order valence-electron chi connectivity index (χ4n) is 2.73. The first-order valence-electron chi connectivity index (χ1n) is 8.46. The van der Waals surface area contributed by atoms with E-state index in [9.17, 15) is 13.2 Å². The molecule has 11 heteroatoms. The van der Waals surface area contributed by atoms with E-state index in [0.717, 1.165) is 16.5 Å². The van der Waals surface area contributed by atoms with Gasteiger partial charge >= 0.3 is 0 Å². The quantitative estimate of drug-likeness (QED) is 0.517. The van der Waals surface area contributed by atoms with Gasteiger partial charge in [-0.3, -0.25) is 10.1 Å². The Morgan fingerprint density at radius 2 is 2.11 bits per heavy atom. The topological polar surface area (TPSA) is 92.3 Å². The van der Waals surface area contributed by atoms with Crippen LogP contribution in [-0.2, 0) is 14.8 Å². The summed E-state index contributed by atoms with van der Waals surface area (Å²) < 4.78 is 27.9. The van der Waals surface area contributed by atoms with Crippen LogP contribution in [0.4, 0.5) is 5.13 Å². The lowest BCUT2D eigenvalue weighted by Crippen LogP contribution is -2.43. The van der Waals surface area contributed by atoms with E-state index in [4.69, 9.17) is 11.6 Å². The molecule has 1 aromatic heterocycles. The van der Waals surface area contributed by atoms with Gasteiger partial charge in [-0.15, -0.1) is 10.2 Å². The average molecular weight is 447 g/mol. The van der Waals surface area contributed by atoms with Gasteiger partial charge in [0.1, 0.15) is 6.04 Å². The second kappa shape index (κ2) is 8.87. The molecular weight excluding hydrogens is 428 g/mol. The maximum Gasteiger partial charge on any atom is 0.244 e. The first-order valence-corrected chi connectivity index (χ1v) is 12.1. The van der Waals surface area contributed by atoms with E-state index in [0.29, 0.717) is 29.5 Å². The van der Waals surface area contributed by atoms with Crippen molar-refractivity contribution in [3.63, 3.8) is 0 Å². The Morgan fingerprint density at radius 1 is 1.37 bits per heavy atom. The zero-order chi connectivity index (χ0) is 19.4. The largest absolute Gasteiger partial charge is 0.299 e. The molecule has 0 unspecified atom stereocenters. The van der Waals surface area contributed by atoms with Gasteiger partial charge in [0.15, 0.2) is 4.34 Å². The second-order valence-corrected chi connectivity index (χ2v) is 10.6. The molecule has 1 aliphatic heterocycles. The number of nitrogens with one attached hydrogen (secondary N) is 1. The molecule has 0 bridgehead atoms. The molecule has 3 rings (SSSR count). The van der Waals surface area contributed by atoms with Crippen molar-refractivity contribution in [2.45, 2.75) is 41.5 Å². The summed E-state index contributed by atoms with van der Waals surface area (Å²) in [6, 6.07) is 5.19. The van der Waals surface area contributed by atoms with Gasteiger partial charge in [0.25, 0.3) is 0 Å². The lowest BCUT2D eigenvalue weighted by atomic mass is 10.2. The molecule has 1 aromatic carbocycles. The highest BCUT2D eigenvalue weighted by atomic mass is 35.5. The van der Waals surface area contributed by atoms with Gasteiger partial charge in [-0.2, -0.15) is 4.31 Å². The van der Waals surface area contributed by atoms with Crippen LogP contribution in [0.15, 0.2) is 33.5 Å². The summed E-state index contributed by atoms with van der Waals surface area (Å²) in [6.45, 7) is 2.38. The molecular formula is C16H19ClN4O3S3. The normalized spacial score (nSPS) is 17.9. The van der Waals surface area contributed by atoms with Crippen LogP contribution in [0.1, 0.15) is 26.2 Å². The summed E-state index contributed by atoms with van der Waals surface area (Å²) in [7, 11) is -3.77. The molecule has 0 aliphatic carbocycles. The Labute approximate surface area is 171 Å². The summed E-state index contributed by atoms with van der Waals surface area (Å²) in [5.41, 5.74) is 0. The number of halogens is 1. The summed E-state index contributed by atoms with van der Waals surface area (Å²) in [5.74, 6) is 0.548. The smallest absolute Gasteiger partial charge is 0.244 e. The minimum atomic E-state index is -3.77. The van der Waals surface area contributed by atoms with Crippen LogP contribution in [0.3, 0.4) is 0 Å². The van der Waals surface area contributed by atoms with Gasteiger partial charge in [0.2, 0.25) is 21.1 Å². The van der Waals surface area contributed by atoms with Crippen LogP contribution >= 0.6 is 34.7 Å². The van der Waals surface area contributed by atoms with Crippen molar-refractivity contribution in [1.82, 2.24) is 14.5 Å². The Kier molecular flexibility index (Phi) is 6.74. The molecule has 7 nitrogen and oxygen atoms in total. The average Bonchev–Trinajstić information content (AvgIpc) is 3.30. The summed E-state index contributed by atoms with van der Waals surface area (Å²) in [4.78, 5) is 12.8. The SMILES string of the molecule is CCCSc1nnc(NC(=O)[C@H]2CCCN2S(=O)(=O)c2ccc(Cl)cc2)s1. The van der Waals surface area contributed by atoms with E-state index in [1.54, 1.807) is 11.8 Å². The van der Waals surface area contributed by atoms with Crippen LogP contribution in [0.2, 0.25) is 5.02 Å². The number of amides is 1. The fraction of sp³-hybridized carbons (Fsp3) is 0.438. The number of thioether (sulfide) groups is 1. The van der Waals surface area contributed by atoms with E-state index >= 15 is 0 Å². The van der Waals surface area contributed by atoms with Gasteiger partial charge in [-0.1, -0.05) is 41.6 Å². The maximum absolute atomic E-state index is 12.9. The second-order valence-electron chi connectivity index (χ2n) is 5.94. The Hall–Kier alpha value is -1.20. The minimum Gasteiger partial charge on any atom is -0.299 e. The van der Waals surface area contributed by atoms with Crippen molar-refractivity contribution in [3.05, 3.63) is 29.3 Å². The van der Waals surface area contributed by atoms with Crippen LogP contribution in [0.25, 0.3) is 0 Å². The number of anilines is 1. The van der Waals surface area contributed by atoms with E-state index in [-0.39, 0.29) is 10.8 Å². The van der Waals surface area contributed by atoms with Crippen molar-refractivity contribution in [3.8, 4) is 0 Å². The van der Waals surface area contributed by atoms with E-state index in [1.807, 2.05) is 0 Å². The van der Waals surface area contributed by atoms with E-state index < -0.39 is 16.1 Å². The highest BCUT2D eigenvalue weighted by molar-refractivity contribution is 8.01. The summed E-state index contributed by atoms with van der Waals surface area (Å²) in [6.07, 6.45) is 2.11. The lowest BCUT2D eigenvalue weighted by Gasteiger charge is -2.23. The predicted octanol–water partition coefficient (Wildman–Crippen LogP) is 3.49. The van der Waals surface area contributed by atoms with E-state index in [2.05, 4.69) is 22.4 Å². The standard InChI is InChI=1S/C16H19ClN4O3S3/c1-2-10-25-16-20-19-15(26-16)18-14(22)13-4-3-9-21(13)27(23,24)12-7-5-11(17)6-8-12/h5-8,13H,2-4,9-10H2,1H3,(H,18,19,22)/t13-/m1/s1. The van der Waals surface area contributed by atoms with Crippen molar-refractivity contribution in [2.24, 2.45) is 0 Å². The summed E-state index contributed by atoms with van der Waals surface area (Å²) >= 11 is 8.71. The minimum absolute atomic E-state index is 0.126. The number of aromatic nitrogens is 2. The number of sulfonamides is 1.